The van der Waals surface area contributed by atoms with Crippen LogP contribution in [-0.2, 0) is 0 Å². The topological polar surface area (TPSA) is 20.2 Å². The van der Waals surface area contributed by atoms with Gasteiger partial charge in [-0.1, -0.05) is 13.0 Å². The van der Waals surface area contributed by atoms with Gasteiger partial charge in [-0.05, 0) is 30.9 Å². The zero-order valence-corrected chi connectivity index (χ0v) is 5.72. The lowest BCUT2D eigenvalue weighted by molar-refractivity contribution is 0.416. The monoisotopic (exact) mass is 124 g/mol. The molecule has 1 rings (SSSR count). The number of aliphatic hydroxyl groups excluding tert-OH is 1. The van der Waals surface area contributed by atoms with Crippen LogP contribution in [0.5, 0.6) is 0 Å². The van der Waals surface area contributed by atoms with Crippen molar-refractivity contribution in [3.8, 4) is 0 Å². The van der Waals surface area contributed by atoms with Gasteiger partial charge in [0, 0.05) is 0 Å². The summed E-state index contributed by atoms with van der Waals surface area (Å²) in [5.41, 5.74) is 1.19. The van der Waals surface area contributed by atoms with Crippen LogP contribution in [0.25, 0.3) is 0 Å². The first-order chi connectivity index (χ1) is 4.34. The normalized spacial score (nSPS) is 18.8. The number of allylic oxidation sites excluding steroid dienone is 3. The second-order valence-corrected chi connectivity index (χ2v) is 2.28. The van der Waals surface area contributed by atoms with Crippen molar-refractivity contribution in [2.24, 2.45) is 0 Å². The molecular formula is C8H12O. The van der Waals surface area contributed by atoms with Crippen molar-refractivity contribution >= 4 is 0 Å². The second-order valence-electron chi connectivity index (χ2n) is 2.28. The summed E-state index contributed by atoms with van der Waals surface area (Å²) in [6.45, 7) is 2.07. The van der Waals surface area contributed by atoms with Crippen molar-refractivity contribution in [3.05, 3.63) is 23.5 Å². The number of rotatable bonds is 1. The summed E-state index contributed by atoms with van der Waals surface area (Å²) in [6.07, 6.45) is 6.92. The van der Waals surface area contributed by atoms with E-state index >= 15 is 0 Å². The quantitative estimate of drug-likeness (QED) is 0.569. The Hall–Kier alpha value is -0.720. The molecule has 0 fully saturated rings. The lowest BCUT2D eigenvalue weighted by Crippen LogP contribution is -1.91. The van der Waals surface area contributed by atoms with Crippen LogP contribution in [0, 0.1) is 0 Å². The molecule has 1 N–H and O–H groups in total. The summed E-state index contributed by atoms with van der Waals surface area (Å²) < 4.78 is 0. The number of hydrogen-bond donors (Lipinski definition) is 1. The molecule has 1 heteroatoms. The second kappa shape index (κ2) is 2.72. The summed E-state index contributed by atoms with van der Waals surface area (Å²) in [5.74, 6) is 0.490. The van der Waals surface area contributed by atoms with E-state index in [9.17, 15) is 0 Å². The average Bonchev–Trinajstić information content (AvgIpc) is 1.89. The van der Waals surface area contributed by atoms with E-state index in [-0.39, 0.29) is 0 Å². The van der Waals surface area contributed by atoms with Gasteiger partial charge < -0.3 is 5.11 Å². The molecule has 0 aliphatic heterocycles. The van der Waals surface area contributed by atoms with E-state index in [1.165, 1.54) is 5.57 Å². The van der Waals surface area contributed by atoms with Gasteiger partial charge in [0.05, 0.1) is 0 Å². The molecule has 1 aliphatic carbocycles. The first-order valence-electron chi connectivity index (χ1n) is 3.42. The Kier molecular flexibility index (Phi) is 1.93. The Morgan fingerprint density at radius 1 is 1.67 bits per heavy atom. The third kappa shape index (κ3) is 1.35. The summed E-state index contributed by atoms with van der Waals surface area (Å²) in [6, 6.07) is 0. The highest BCUT2D eigenvalue weighted by Gasteiger charge is 2.02. The Bertz CT molecular complexity index is 154. The molecule has 50 valence electrons. The zero-order valence-electron chi connectivity index (χ0n) is 5.72. The fourth-order valence-corrected chi connectivity index (χ4v) is 1.06. The zero-order chi connectivity index (χ0) is 6.69. The van der Waals surface area contributed by atoms with Crippen LogP contribution in [0.4, 0.5) is 0 Å². The highest BCUT2D eigenvalue weighted by atomic mass is 16.3. The predicted molar refractivity (Wildman–Crippen MR) is 38.3 cm³/mol. The highest BCUT2D eigenvalue weighted by Crippen LogP contribution is 2.18. The van der Waals surface area contributed by atoms with E-state index in [0.29, 0.717) is 5.76 Å². The Morgan fingerprint density at radius 3 is 2.89 bits per heavy atom. The molecule has 0 unspecified atom stereocenters. The van der Waals surface area contributed by atoms with Gasteiger partial charge in [-0.15, -0.1) is 0 Å². The molecular weight excluding hydrogens is 112 g/mol. The minimum atomic E-state index is 0.490. The fourth-order valence-electron chi connectivity index (χ4n) is 1.06. The molecule has 0 bridgehead atoms. The third-order valence-corrected chi connectivity index (χ3v) is 1.68. The molecule has 0 spiro atoms. The van der Waals surface area contributed by atoms with Crippen LogP contribution in [0.15, 0.2) is 23.5 Å². The Balaban J connectivity index is 2.72. The maximum Gasteiger partial charge on any atom is 0.114 e. The molecule has 0 heterocycles. The first kappa shape index (κ1) is 6.40. The molecule has 0 saturated carbocycles. The van der Waals surface area contributed by atoms with Crippen LogP contribution in [0.1, 0.15) is 26.2 Å². The van der Waals surface area contributed by atoms with E-state index < -0.39 is 0 Å². The van der Waals surface area contributed by atoms with Gasteiger partial charge in [-0.25, -0.2) is 0 Å². The van der Waals surface area contributed by atoms with Crippen molar-refractivity contribution in [1.29, 1.82) is 0 Å². The third-order valence-electron chi connectivity index (χ3n) is 1.68. The maximum atomic E-state index is 9.16. The molecule has 0 aromatic heterocycles. The summed E-state index contributed by atoms with van der Waals surface area (Å²) in [5, 5.41) is 9.16. The molecule has 9 heavy (non-hydrogen) atoms. The van der Waals surface area contributed by atoms with Crippen LogP contribution >= 0.6 is 0 Å². The van der Waals surface area contributed by atoms with Crippen LogP contribution in [0.2, 0.25) is 0 Å². The van der Waals surface area contributed by atoms with E-state index in [1.54, 1.807) is 6.08 Å². The van der Waals surface area contributed by atoms with Crippen molar-refractivity contribution in [2.45, 2.75) is 26.2 Å². The highest BCUT2D eigenvalue weighted by molar-refractivity contribution is 5.22. The fraction of sp³-hybridized carbons (Fsp3) is 0.500. The summed E-state index contributed by atoms with van der Waals surface area (Å²) in [7, 11) is 0. The van der Waals surface area contributed by atoms with Crippen molar-refractivity contribution in [3.63, 3.8) is 0 Å². The van der Waals surface area contributed by atoms with Gasteiger partial charge in [0.15, 0.2) is 0 Å². The van der Waals surface area contributed by atoms with Crippen molar-refractivity contribution in [1.82, 2.24) is 0 Å². The molecule has 0 aromatic rings. The maximum absolute atomic E-state index is 9.16. The van der Waals surface area contributed by atoms with Gasteiger partial charge >= 0.3 is 0 Å². The SMILES string of the molecule is CCC1=C(O)C=CCC1. The van der Waals surface area contributed by atoms with Crippen molar-refractivity contribution in [2.75, 3.05) is 0 Å². The van der Waals surface area contributed by atoms with Gasteiger partial charge in [-0.2, -0.15) is 0 Å². The molecule has 1 aliphatic rings. The molecule has 1 nitrogen and oxygen atoms in total. The predicted octanol–water partition coefficient (Wildman–Crippen LogP) is 2.56. The summed E-state index contributed by atoms with van der Waals surface area (Å²) >= 11 is 0. The smallest absolute Gasteiger partial charge is 0.114 e. The Morgan fingerprint density at radius 2 is 2.44 bits per heavy atom. The van der Waals surface area contributed by atoms with Gasteiger partial charge in [0.2, 0.25) is 0 Å². The van der Waals surface area contributed by atoms with E-state index in [4.69, 9.17) is 5.11 Å². The Labute approximate surface area is 55.7 Å². The summed E-state index contributed by atoms with van der Waals surface area (Å²) in [4.78, 5) is 0. The average molecular weight is 124 g/mol. The lowest BCUT2D eigenvalue weighted by atomic mass is 10.0. The molecule has 0 saturated heterocycles. The van der Waals surface area contributed by atoms with Crippen molar-refractivity contribution < 1.29 is 5.11 Å². The van der Waals surface area contributed by atoms with E-state index in [2.05, 4.69) is 6.92 Å². The van der Waals surface area contributed by atoms with Crippen LogP contribution in [0.3, 0.4) is 0 Å². The number of aliphatic hydroxyl groups is 1. The molecule has 0 amide bonds. The van der Waals surface area contributed by atoms with E-state index in [0.717, 1.165) is 19.3 Å². The number of hydrogen-bond acceptors (Lipinski definition) is 1. The molecule has 0 radical (unpaired) electrons. The minimum Gasteiger partial charge on any atom is -0.508 e. The molecule has 0 aromatic carbocycles. The largest absolute Gasteiger partial charge is 0.508 e. The van der Waals surface area contributed by atoms with Gasteiger partial charge in [0.1, 0.15) is 5.76 Å². The first-order valence-corrected chi connectivity index (χ1v) is 3.42. The minimum absolute atomic E-state index is 0.490. The van der Waals surface area contributed by atoms with Crippen LogP contribution < -0.4 is 0 Å². The van der Waals surface area contributed by atoms with E-state index in [1.807, 2.05) is 6.08 Å². The molecule has 0 atom stereocenters. The lowest BCUT2D eigenvalue weighted by Gasteiger charge is -2.08. The van der Waals surface area contributed by atoms with Crippen LogP contribution in [-0.4, -0.2) is 5.11 Å². The standard InChI is InChI=1S/C8H12O/c1-2-7-5-3-4-6-8(7)9/h4,6,9H,2-3,5H2,1H3. The van der Waals surface area contributed by atoms with Gasteiger partial charge in [-0.3, -0.25) is 0 Å². The van der Waals surface area contributed by atoms with Gasteiger partial charge in [0.25, 0.3) is 0 Å².